The maximum Gasteiger partial charge on any atom is 0.332 e. The first-order valence-electron chi connectivity index (χ1n) is 7.61. The fourth-order valence-electron chi connectivity index (χ4n) is 3.42. The number of fused-ring (bicyclic) bond motifs is 1. The van der Waals surface area contributed by atoms with Crippen molar-refractivity contribution in [3.8, 4) is 0 Å². The zero-order chi connectivity index (χ0) is 16.0. The van der Waals surface area contributed by atoms with Gasteiger partial charge < -0.3 is 4.74 Å². The minimum atomic E-state index is -0.584. The summed E-state index contributed by atoms with van der Waals surface area (Å²) in [6, 6.07) is 2.13. The summed E-state index contributed by atoms with van der Waals surface area (Å²) in [6.45, 7) is 3.27. The van der Waals surface area contributed by atoms with Gasteiger partial charge in [0.1, 0.15) is 12.2 Å². The van der Waals surface area contributed by atoms with E-state index in [0.717, 1.165) is 30.7 Å². The van der Waals surface area contributed by atoms with Crippen molar-refractivity contribution in [2.75, 3.05) is 13.1 Å². The molecule has 2 aromatic rings. The number of aromatic nitrogens is 3. The molecule has 0 aliphatic carbocycles. The summed E-state index contributed by atoms with van der Waals surface area (Å²) in [5.74, 6) is 0.527. The molecule has 8 heteroatoms. The summed E-state index contributed by atoms with van der Waals surface area (Å²) in [7, 11) is 1.49. The van der Waals surface area contributed by atoms with Crippen molar-refractivity contribution in [3.63, 3.8) is 0 Å². The molecule has 0 radical (unpaired) electrons. The minimum Gasteiger partial charge on any atom is -0.364 e. The van der Waals surface area contributed by atoms with Crippen LogP contribution in [-0.4, -0.2) is 37.9 Å². The Kier molecular flexibility index (Phi) is 3.47. The summed E-state index contributed by atoms with van der Waals surface area (Å²) in [4.78, 5) is 26.4. The molecule has 0 N–H and O–H groups in total. The molecule has 4 rings (SSSR count). The van der Waals surface area contributed by atoms with Crippen LogP contribution >= 0.6 is 11.3 Å². The van der Waals surface area contributed by atoms with Crippen LogP contribution in [0.4, 0.5) is 0 Å². The Labute approximate surface area is 136 Å². The van der Waals surface area contributed by atoms with Crippen LogP contribution < -0.4 is 11.1 Å². The molecule has 122 valence electrons. The molecule has 0 bridgehead atoms. The monoisotopic (exact) mass is 334 g/mol. The van der Waals surface area contributed by atoms with Gasteiger partial charge in [0.2, 0.25) is 0 Å². The lowest BCUT2D eigenvalue weighted by atomic mass is 10.0. The third kappa shape index (κ3) is 2.56. The Morgan fingerprint density at radius 3 is 3.00 bits per heavy atom. The van der Waals surface area contributed by atoms with E-state index in [2.05, 4.69) is 26.8 Å². The molecule has 1 spiro atoms. The maximum atomic E-state index is 12.2. The van der Waals surface area contributed by atoms with Gasteiger partial charge in [0, 0.05) is 26.7 Å². The van der Waals surface area contributed by atoms with Gasteiger partial charge in [-0.15, -0.1) is 0 Å². The standard InChI is InChI=1S/C15H18N4O3S/c1-17-13(20)14(21)19-10-15(22-7-12(19)16-17)3-4-18(9-15)6-11-2-5-23-8-11/h2,5,8H,3-4,6-7,9-10H2,1H3/t15-/m0/s1. The number of ether oxygens (including phenoxy) is 1. The fourth-order valence-corrected chi connectivity index (χ4v) is 4.07. The number of likely N-dealkylation sites (tertiary alicyclic amines) is 1. The van der Waals surface area contributed by atoms with Crippen LogP contribution in [0.1, 0.15) is 17.8 Å². The second-order valence-electron chi connectivity index (χ2n) is 6.30. The highest BCUT2D eigenvalue weighted by atomic mass is 32.1. The van der Waals surface area contributed by atoms with E-state index in [1.165, 1.54) is 17.2 Å². The van der Waals surface area contributed by atoms with Crippen molar-refractivity contribution >= 4 is 11.3 Å². The Hall–Kier alpha value is -1.77. The largest absolute Gasteiger partial charge is 0.364 e. The molecule has 0 aromatic carbocycles. The van der Waals surface area contributed by atoms with Crippen LogP contribution in [0.3, 0.4) is 0 Å². The van der Waals surface area contributed by atoms with E-state index in [1.54, 1.807) is 11.3 Å². The van der Waals surface area contributed by atoms with Crippen molar-refractivity contribution in [1.82, 2.24) is 19.2 Å². The molecule has 2 aliphatic heterocycles. The average Bonchev–Trinajstić information content (AvgIpc) is 3.18. The highest BCUT2D eigenvalue weighted by molar-refractivity contribution is 7.07. The molecule has 7 nitrogen and oxygen atoms in total. The number of hydrogen-bond donors (Lipinski definition) is 0. The van der Waals surface area contributed by atoms with Crippen molar-refractivity contribution in [3.05, 3.63) is 48.9 Å². The lowest BCUT2D eigenvalue weighted by Crippen LogP contribution is -2.52. The van der Waals surface area contributed by atoms with Gasteiger partial charge in [-0.3, -0.25) is 19.1 Å². The molecule has 0 unspecified atom stereocenters. The molecule has 2 aromatic heterocycles. The number of aryl methyl sites for hydroxylation is 1. The first-order valence-corrected chi connectivity index (χ1v) is 8.55. The topological polar surface area (TPSA) is 69.4 Å². The van der Waals surface area contributed by atoms with Gasteiger partial charge in [0.25, 0.3) is 0 Å². The maximum absolute atomic E-state index is 12.2. The summed E-state index contributed by atoms with van der Waals surface area (Å²) >= 11 is 1.70. The summed E-state index contributed by atoms with van der Waals surface area (Å²) in [5, 5.41) is 8.37. The number of rotatable bonds is 2. The van der Waals surface area contributed by atoms with Gasteiger partial charge in [-0.2, -0.15) is 16.4 Å². The third-order valence-corrected chi connectivity index (χ3v) is 5.37. The van der Waals surface area contributed by atoms with Crippen LogP contribution in [0.25, 0.3) is 0 Å². The number of nitrogens with zero attached hydrogens (tertiary/aromatic N) is 4. The van der Waals surface area contributed by atoms with Gasteiger partial charge in [-0.1, -0.05) is 0 Å². The van der Waals surface area contributed by atoms with Crippen LogP contribution in [0.2, 0.25) is 0 Å². The average molecular weight is 334 g/mol. The Morgan fingerprint density at radius 1 is 1.35 bits per heavy atom. The first kappa shape index (κ1) is 14.8. The lowest BCUT2D eigenvalue weighted by Gasteiger charge is -2.35. The Balaban J connectivity index is 1.57. The van der Waals surface area contributed by atoms with Crippen molar-refractivity contribution in [1.29, 1.82) is 0 Å². The van der Waals surface area contributed by atoms with E-state index in [1.807, 2.05) is 0 Å². The molecular weight excluding hydrogens is 316 g/mol. The molecular formula is C15H18N4O3S. The third-order valence-electron chi connectivity index (χ3n) is 4.63. The molecule has 2 aliphatic rings. The van der Waals surface area contributed by atoms with Gasteiger partial charge in [0.15, 0.2) is 5.82 Å². The van der Waals surface area contributed by atoms with E-state index < -0.39 is 11.1 Å². The van der Waals surface area contributed by atoms with Crippen LogP contribution in [-0.2, 0) is 31.5 Å². The Bertz CT molecular complexity index is 841. The molecule has 0 amide bonds. The highest BCUT2D eigenvalue weighted by Crippen LogP contribution is 2.31. The van der Waals surface area contributed by atoms with Crippen LogP contribution in [0.15, 0.2) is 26.4 Å². The minimum absolute atomic E-state index is 0.273. The zero-order valence-electron chi connectivity index (χ0n) is 12.9. The smallest absolute Gasteiger partial charge is 0.332 e. The first-order chi connectivity index (χ1) is 11.1. The fraction of sp³-hybridized carbons (Fsp3) is 0.533. The van der Waals surface area contributed by atoms with E-state index in [4.69, 9.17) is 4.74 Å². The van der Waals surface area contributed by atoms with Crippen molar-refractivity contribution < 1.29 is 4.74 Å². The molecule has 1 fully saturated rings. The highest BCUT2D eigenvalue weighted by Gasteiger charge is 2.43. The summed E-state index contributed by atoms with van der Waals surface area (Å²) < 4.78 is 8.67. The summed E-state index contributed by atoms with van der Waals surface area (Å²) in [6.07, 6.45) is 0.859. The van der Waals surface area contributed by atoms with Gasteiger partial charge >= 0.3 is 11.1 Å². The van der Waals surface area contributed by atoms with Crippen molar-refractivity contribution in [2.24, 2.45) is 7.05 Å². The van der Waals surface area contributed by atoms with Gasteiger partial charge in [-0.25, -0.2) is 4.68 Å². The van der Waals surface area contributed by atoms with Gasteiger partial charge in [0.05, 0.1) is 6.54 Å². The van der Waals surface area contributed by atoms with Crippen molar-refractivity contribution in [2.45, 2.75) is 31.7 Å². The molecule has 4 heterocycles. The van der Waals surface area contributed by atoms with E-state index in [0.29, 0.717) is 12.4 Å². The molecule has 0 saturated carbocycles. The van der Waals surface area contributed by atoms with Crippen LogP contribution in [0.5, 0.6) is 0 Å². The predicted octanol–water partition coefficient (Wildman–Crippen LogP) is 0.178. The number of thiophene rings is 1. The summed E-state index contributed by atoms with van der Waals surface area (Å²) in [5.41, 5.74) is -0.174. The van der Waals surface area contributed by atoms with E-state index in [-0.39, 0.29) is 12.2 Å². The lowest BCUT2D eigenvalue weighted by molar-refractivity contribution is -0.0858. The SMILES string of the molecule is Cn1nc2n(c(=O)c1=O)C[C@@]1(CCN(Cc3ccsc3)C1)OC2. The van der Waals surface area contributed by atoms with E-state index in [9.17, 15) is 9.59 Å². The Morgan fingerprint density at radius 2 is 2.22 bits per heavy atom. The zero-order valence-corrected chi connectivity index (χ0v) is 13.7. The van der Waals surface area contributed by atoms with Crippen LogP contribution in [0, 0.1) is 0 Å². The molecule has 1 atom stereocenters. The molecule has 23 heavy (non-hydrogen) atoms. The molecule has 1 saturated heterocycles. The number of hydrogen-bond acceptors (Lipinski definition) is 6. The van der Waals surface area contributed by atoms with Gasteiger partial charge in [-0.05, 0) is 28.8 Å². The second kappa shape index (κ2) is 5.40. The second-order valence-corrected chi connectivity index (χ2v) is 7.08. The normalized spacial score (nSPS) is 24.2. The van der Waals surface area contributed by atoms with E-state index >= 15 is 0 Å². The predicted molar refractivity (Wildman–Crippen MR) is 85.5 cm³/mol. The quantitative estimate of drug-likeness (QED) is 0.733.